The van der Waals surface area contributed by atoms with Crippen molar-refractivity contribution in [2.24, 2.45) is 0 Å². The molecule has 1 aromatic heterocycles. The van der Waals surface area contributed by atoms with E-state index in [4.69, 9.17) is 0 Å². The third-order valence-electron chi connectivity index (χ3n) is 3.51. The van der Waals surface area contributed by atoms with Crippen LogP contribution in [0.15, 0.2) is 36.7 Å². The minimum absolute atomic E-state index is 0.811. The summed E-state index contributed by atoms with van der Waals surface area (Å²) in [4.78, 5) is 2.32. The summed E-state index contributed by atoms with van der Waals surface area (Å²) < 4.78 is 2.09. The summed E-state index contributed by atoms with van der Waals surface area (Å²) in [5, 5.41) is 11.7. The quantitative estimate of drug-likeness (QED) is 0.905. The smallest absolute Gasteiger partial charge is 0.152 e. The SMILES string of the molecule is [CH](c1nncn1Cc1ccccc1)N1CCCNCC1. The molecule has 1 aliphatic heterocycles. The first kappa shape index (κ1) is 13.3. The largest absolute Gasteiger partial charge is 0.315 e. The monoisotopic (exact) mass is 270 g/mol. The maximum absolute atomic E-state index is 4.23. The normalized spacial score (nSPS) is 17.0. The van der Waals surface area contributed by atoms with Crippen molar-refractivity contribution < 1.29 is 0 Å². The van der Waals surface area contributed by atoms with Crippen LogP contribution in [0.3, 0.4) is 0 Å². The van der Waals surface area contributed by atoms with Gasteiger partial charge < -0.3 is 9.88 Å². The van der Waals surface area contributed by atoms with Crippen molar-refractivity contribution in [2.45, 2.75) is 13.0 Å². The third-order valence-corrected chi connectivity index (χ3v) is 3.51. The van der Waals surface area contributed by atoms with Crippen LogP contribution in [0.2, 0.25) is 0 Å². The Morgan fingerprint density at radius 3 is 2.95 bits per heavy atom. The molecule has 20 heavy (non-hydrogen) atoms. The molecular weight excluding hydrogens is 250 g/mol. The Kier molecular flexibility index (Phi) is 4.40. The number of hydrogen-bond donors (Lipinski definition) is 1. The summed E-state index contributed by atoms with van der Waals surface area (Å²) in [5.74, 6) is 0.927. The lowest BCUT2D eigenvalue weighted by molar-refractivity contribution is 0.360. The zero-order chi connectivity index (χ0) is 13.6. The highest BCUT2D eigenvalue weighted by Crippen LogP contribution is 2.09. The van der Waals surface area contributed by atoms with E-state index < -0.39 is 0 Å². The summed E-state index contributed by atoms with van der Waals surface area (Å²) in [7, 11) is 0. The van der Waals surface area contributed by atoms with Gasteiger partial charge in [0.2, 0.25) is 0 Å². The van der Waals surface area contributed by atoms with E-state index in [1.54, 1.807) is 6.33 Å². The number of nitrogens with zero attached hydrogens (tertiary/aromatic N) is 4. The second kappa shape index (κ2) is 6.63. The van der Waals surface area contributed by atoms with Gasteiger partial charge in [0, 0.05) is 19.6 Å². The summed E-state index contributed by atoms with van der Waals surface area (Å²) in [5.41, 5.74) is 1.26. The number of nitrogens with one attached hydrogen (secondary N) is 1. The molecule has 0 bridgehead atoms. The van der Waals surface area contributed by atoms with Gasteiger partial charge in [-0.15, -0.1) is 10.2 Å². The molecule has 5 nitrogen and oxygen atoms in total. The molecule has 0 amide bonds. The van der Waals surface area contributed by atoms with Crippen molar-refractivity contribution in [3.05, 3.63) is 54.6 Å². The number of rotatable bonds is 4. The second-order valence-electron chi connectivity index (χ2n) is 5.07. The summed E-state index contributed by atoms with van der Waals surface area (Å²) in [6.07, 6.45) is 2.97. The highest BCUT2D eigenvalue weighted by molar-refractivity contribution is 5.16. The van der Waals surface area contributed by atoms with Gasteiger partial charge in [0.05, 0.1) is 13.1 Å². The fourth-order valence-corrected chi connectivity index (χ4v) is 2.42. The second-order valence-corrected chi connectivity index (χ2v) is 5.07. The van der Waals surface area contributed by atoms with Gasteiger partial charge in [-0.2, -0.15) is 0 Å². The molecule has 0 saturated carbocycles. The number of hydrogen-bond acceptors (Lipinski definition) is 4. The predicted molar refractivity (Wildman–Crippen MR) is 78.0 cm³/mol. The minimum Gasteiger partial charge on any atom is -0.315 e. The maximum Gasteiger partial charge on any atom is 0.152 e. The molecule has 0 spiro atoms. The van der Waals surface area contributed by atoms with Crippen LogP contribution in [0.25, 0.3) is 0 Å². The van der Waals surface area contributed by atoms with Crippen LogP contribution in [-0.4, -0.2) is 45.8 Å². The molecule has 1 aromatic carbocycles. The van der Waals surface area contributed by atoms with Crippen LogP contribution < -0.4 is 5.32 Å². The Morgan fingerprint density at radius 1 is 1.15 bits per heavy atom. The average molecular weight is 270 g/mol. The van der Waals surface area contributed by atoms with Crippen LogP contribution in [0, 0.1) is 6.54 Å². The van der Waals surface area contributed by atoms with Gasteiger partial charge in [0.25, 0.3) is 0 Å². The van der Waals surface area contributed by atoms with E-state index in [0.717, 1.165) is 38.5 Å². The molecule has 2 aromatic rings. The lowest BCUT2D eigenvalue weighted by atomic mass is 10.2. The molecule has 3 rings (SSSR count). The summed E-state index contributed by atoms with van der Waals surface area (Å²) in [6, 6.07) is 10.4. The fourth-order valence-electron chi connectivity index (χ4n) is 2.42. The van der Waals surface area contributed by atoms with Gasteiger partial charge in [0.1, 0.15) is 6.33 Å². The molecular formula is C15H20N5. The van der Waals surface area contributed by atoms with Crippen LogP contribution >= 0.6 is 0 Å². The number of benzene rings is 1. The Labute approximate surface area is 119 Å². The molecule has 5 heteroatoms. The van der Waals surface area contributed by atoms with E-state index in [-0.39, 0.29) is 0 Å². The van der Waals surface area contributed by atoms with E-state index in [1.165, 1.54) is 12.0 Å². The van der Waals surface area contributed by atoms with Gasteiger partial charge >= 0.3 is 0 Å². The Hall–Kier alpha value is -1.72. The zero-order valence-corrected chi connectivity index (χ0v) is 11.6. The summed E-state index contributed by atoms with van der Waals surface area (Å²) >= 11 is 0. The van der Waals surface area contributed by atoms with E-state index in [0.29, 0.717) is 0 Å². The maximum atomic E-state index is 4.23. The first-order valence-electron chi connectivity index (χ1n) is 7.13. The fraction of sp³-hybridized carbons (Fsp3) is 0.400. The molecule has 0 atom stereocenters. The highest BCUT2D eigenvalue weighted by Gasteiger charge is 2.13. The van der Waals surface area contributed by atoms with Gasteiger partial charge in [-0.25, -0.2) is 0 Å². The molecule has 1 radical (unpaired) electrons. The van der Waals surface area contributed by atoms with Crippen LogP contribution in [0.4, 0.5) is 0 Å². The molecule has 0 aliphatic carbocycles. The van der Waals surface area contributed by atoms with Crippen molar-refractivity contribution in [1.29, 1.82) is 0 Å². The lowest BCUT2D eigenvalue weighted by Gasteiger charge is -2.18. The first-order valence-corrected chi connectivity index (χ1v) is 7.13. The van der Waals surface area contributed by atoms with E-state index >= 15 is 0 Å². The Morgan fingerprint density at radius 2 is 2.05 bits per heavy atom. The third kappa shape index (κ3) is 3.43. The molecule has 1 saturated heterocycles. The van der Waals surface area contributed by atoms with Gasteiger partial charge in [-0.05, 0) is 18.5 Å². The van der Waals surface area contributed by atoms with Gasteiger partial charge in [-0.3, -0.25) is 4.90 Å². The number of aromatic nitrogens is 3. The molecule has 1 fully saturated rings. The van der Waals surface area contributed by atoms with Crippen LogP contribution in [-0.2, 0) is 6.54 Å². The minimum atomic E-state index is 0.811. The van der Waals surface area contributed by atoms with E-state index in [9.17, 15) is 0 Å². The molecule has 2 heterocycles. The molecule has 105 valence electrons. The molecule has 1 aliphatic rings. The lowest BCUT2D eigenvalue weighted by Crippen LogP contribution is -2.27. The first-order chi connectivity index (χ1) is 9.92. The van der Waals surface area contributed by atoms with Crippen LogP contribution in [0.5, 0.6) is 0 Å². The molecule has 0 unspecified atom stereocenters. The Balaban J connectivity index is 1.67. The van der Waals surface area contributed by atoms with Crippen LogP contribution in [0.1, 0.15) is 17.8 Å². The Bertz CT molecular complexity index is 514. The van der Waals surface area contributed by atoms with Crippen molar-refractivity contribution >= 4 is 0 Å². The van der Waals surface area contributed by atoms with Crippen molar-refractivity contribution in [3.8, 4) is 0 Å². The van der Waals surface area contributed by atoms with Crippen molar-refractivity contribution in [3.63, 3.8) is 0 Å². The van der Waals surface area contributed by atoms with Crippen molar-refractivity contribution in [2.75, 3.05) is 26.2 Å². The predicted octanol–water partition coefficient (Wildman–Crippen LogP) is 1.13. The van der Waals surface area contributed by atoms with E-state index in [2.05, 4.69) is 55.8 Å². The molecule has 1 N–H and O–H groups in total. The average Bonchev–Trinajstić information content (AvgIpc) is 2.74. The van der Waals surface area contributed by atoms with Gasteiger partial charge in [0.15, 0.2) is 5.82 Å². The van der Waals surface area contributed by atoms with Gasteiger partial charge in [-0.1, -0.05) is 30.3 Å². The highest BCUT2D eigenvalue weighted by atomic mass is 15.3. The standard InChI is InChI=1S/C15H20N5/c1-2-5-14(6-3-1)11-20-13-17-18-15(20)12-19-9-4-7-16-8-10-19/h1-3,5-6,12-13,16H,4,7-11H2. The van der Waals surface area contributed by atoms with E-state index in [1.807, 2.05) is 6.07 Å². The van der Waals surface area contributed by atoms with Crippen molar-refractivity contribution in [1.82, 2.24) is 25.0 Å². The summed E-state index contributed by atoms with van der Waals surface area (Å²) in [6.45, 7) is 7.17. The topological polar surface area (TPSA) is 46.0 Å². The zero-order valence-electron chi connectivity index (χ0n) is 11.6.